The Morgan fingerprint density at radius 3 is 1.94 bits per heavy atom. The molecule has 1 heterocycles. The third-order valence-electron chi connectivity index (χ3n) is 4.54. The van der Waals surface area contributed by atoms with Crippen molar-refractivity contribution in [2.24, 2.45) is 0 Å². The summed E-state index contributed by atoms with van der Waals surface area (Å²) in [6, 6.07) is 22.3. The van der Waals surface area contributed by atoms with Crippen LogP contribution in [-0.4, -0.2) is 20.2 Å². The summed E-state index contributed by atoms with van der Waals surface area (Å²) in [5.74, 6) is 1.39. The lowest BCUT2D eigenvalue weighted by Crippen LogP contribution is -2.48. The predicted octanol–water partition coefficient (Wildman–Crippen LogP) is 3.26. The molecule has 8 heteroatoms. The number of aromatic amines is 1. The fourth-order valence-corrected chi connectivity index (χ4v) is 3.19. The Morgan fingerprint density at radius 1 is 0.719 bits per heavy atom. The average molecular weight is 431 g/mol. The first kappa shape index (κ1) is 20.9. The molecular weight excluding hydrogens is 410 g/mol. The second-order valence-electron chi connectivity index (χ2n) is 7.24. The van der Waals surface area contributed by atoms with Crippen LogP contribution >= 0.6 is 0 Å². The van der Waals surface area contributed by atoms with Crippen LogP contribution in [0.15, 0.2) is 93.2 Å². The third-order valence-corrected chi connectivity index (χ3v) is 4.54. The Morgan fingerprint density at radius 2 is 1.31 bits per heavy atom. The molecule has 0 bridgehead atoms. The second kappa shape index (κ2) is 8.81. The van der Waals surface area contributed by atoms with Crippen LogP contribution in [0.5, 0.6) is 17.2 Å². The van der Waals surface area contributed by atoms with Crippen LogP contribution < -0.4 is 26.5 Å². The maximum absolute atomic E-state index is 13.2. The lowest BCUT2D eigenvalue weighted by Gasteiger charge is -2.17. The van der Waals surface area contributed by atoms with Crippen molar-refractivity contribution in [1.29, 1.82) is 0 Å². The van der Waals surface area contributed by atoms with E-state index in [0.717, 1.165) is 9.13 Å². The molecule has 3 aromatic carbocycles. The summed E-state index contributed by atoms with van der Waals surface area (Å²) in [6.07, 6.45) is -0.184. The maximum atomic E-state index is 13.2. The van der Waals surface area contributed by atoms with Crippen LogP contribution in [0.25, 0.3) is 11.4 Å². The van der Waals surface area contributed by atoms with Crippen LogP contribution in [-0.2, 0) is 0 Å². The van der Waals surface area contributed by atoms with Crippen molar-refractivity contribution in [2.75, 3.05) is 0 Å². The van der Waals surface area contributed by atoms with E-state index in [-0.39, 0.29) is 11.8 Å². The van der Waals surface area contributed by atoms with Gasteiger partial charge in [0.2, 0.25) is 0 Å². The highest BCUT2D eigenvalue weighted by atomic mass is 16.5. The van der Waals surface area contributed by atoms with Crippen molar-refractivity contribution in [3.8, 4) is 28.6 Å². The van der Waals surface area contributed by atoms with E-state index >= 15 is 0 Å². The summed E-state index contributed by atoms with van der Waals surface area (Å²) >= 11 is 0. The summed E-state index contributed by atoms with van der Waals surface area (Å²) in [7, 11) is 0. The number of ether oxygens (including phenoxy) is 2. The molecular formula is C24H21N3O5. The molecule has 8 nitrogen and oxygen atoms in total. The standard InChI is InChI=1S/C24H21N3O5/c1-16(2)31-21-15-18(13-14-20(21)32-19-11-7-4-8-12-19)27-23(29)25-22(28)26(24(27)30)17-9-5-3-6-10-17/h3-16H,1-2H3,(H,25,28,29). The summed E-state index contributed by atoms with van der Waals surface area (Å²) in [4.78, 5) is 40.3. The van der Waals surface area contributed by atoms with Crippen molar-refractivity contribution in [3.63, 3.8) is 0 Å². The molecule has 0 aliphatic heterocycles. The van der Waals surface area contributed by atoms with Crippen molar-refractivity contribution in [1.82, 2.24) is 14.1 Å². The summed E-state index contributed by atoms with van der Waals surface area (Å²) < 4.78 is 13.6. The van der Waals surface area contributed by atoms with Crippen LogP contribution in [0.4, 0.5) is 0 Å². The molecule has 0 amide bonds. The largest absolute Gasteiger partial charge is 0.487 e. The van der Waals surface area contributed by atoms with E-state index in [1.165, 1.54) is 6.07 Å². The van der Waals surface area contributed by atoms with Crippen molar-refractivity contribution < 1.29 is 9.47 Å². The minimum Gasteiger partial charge on any atom is -0.487 e. The van der Waals surface area contributed by atoms with E-state index in [1.54, 1.807) is 54.6 Å². The molecule has 1 aromatic heterocycles. The molecule has 1 N–H and O–H groups in total. The lowest BCUT2D eigenvalue weighted by atomic mass is 10.2. The van der Waals surface area contributed by atoms with E-state index in [2.05, 4.69) is 4.98 Å². The Kier molecular flexibility index (Phi) is 5.76. The molecule has 162 valence electrons. The Balaban J connectivity index is 1.86. The van der Waals surface area contributed by atoms with Gasteiger partial charge in [-0.15, -0.1) is 0 Å². The number of nitrogens with one attached hydrogen (secondary N) is 1. The highest BCUT2D eigenvalue weighted by Gasteiger charge is 2.16. The highest BCUT2D eigenvalue weighted by molar-refractivity contribution is 5.50. The van der Waals surface area contributed by atoms with Crippen LogP contribution in [0.1, 0.15) is 13.8 Å². The van der Waals surface area contributed by atoms with E-state index in [1.807, 2.05) is 32.0 Å². The normalized spacial score (nSPS) is 10.8. The summed E-state index contributed by atoms with van der Waals surface area (Å²) in [5, 5.41) is 0. The minimum absolute atomic E-state index is 0.184. The average Bonchev–Trinajstić information content (AvgIpc) is 2.76. The molecule has 0 saturated heterocycles. The van der Waals surface area contributed by atoms with Gasteiger partial charge in [-0.1, -0.05) is 36.4 Å². The number of rotatable bonds is 6. The Hall–Kier alpha value is -4.33. The first-order chi connectivity index (χ1) is 15.4. The molecule has 0 fully saturated rings. The van der Waals surface area contributed by atoms with Gasteiger partial charge in [0.25, 0.3) is 0 Å². The quantitative estimate of drug-likeness (QED) is 0.506. The summed E-state index contributed by atoms with van der Waals surface area (Å²) in [6.45, 7) is 3.71. The fraction of sp³-hybridized carbons (Fsp3) is 0.125. The minimum atomic E-state index is -0.848. The van der Waals surface area contributed by atoms with Crippen molar-refractivity contribution in [3.05, 3.63) is 110 Å². The van der Waals surface area contributed by atoms with Crippen molar-refractivity contribution >= 4 is 0 Å². The molecule has 32 heavy (non-hydrogen) atoms. The van der Waals surface area contributed by atoms with Crippen LogP contribution in [0.3, 0.4) is 0 Å². The van der Waals surface area contributed by atoms with E-state index in [9.17, 15) is 14.4 Å². The maximum Gasteiger partial charge on any atom is 0.345 e. The topological polar surface area (TPSA) is 95.3 Å². The monoisotopic (exact) mass is 431 g/mol. The van der Waals surface area contributed by atoms with Crippen LogP contribution in [0, 0.1) is 0 Å². The number of hydrogen-bond donors (Lipinski definition) is 1. The van der Waals surface area contributed by atoms with E-state index in [4.69, 9.17) is 9.47 Å². The van der Waals surface area contributed by atoms with Gasteiger partial charge in [0.05, 0.1) is 17.5 Å². The molecule has 4 aromatic rings. The lowest BCUT2D eigenvalue weighted by molar-refractivity contribution is 0.233. The molecule has 0 saturated carbocycles. The van der Waals surface area contributed by atoms with E-state index in [0.29, 0.717) is 22.9 Å². The zero-order valence-electron chi connectivity index (χ0n) is 17.5. The molecule has 4 rings (SSSR count). The smallest absolute Gasteiger partial charge is 0.345 e. The van der Waals surface area contributed by atoms with Gasteiger partial charge in [0, 0.05) is 6.07 Å². The fourth-order valence-electron chi connectivity index (χ4n) is 3.19. The number of hydrogen-bond acceptors (Lipinski definition) is 5. The highest BCUT2D eigenvalue weighted by Crippen LogP contribution is 2.33. The van der Waals surface area contributed by atoms with Gasteiger partial charge in [0.1, 0.15) is 5.75 Å². The number of benzene rings is 3. The first-order valence-corrected chi connectivity index (χ1v) is 10.0. The molecule has 0 aliphatic carbocycles. The van der Waals surface area contributed by atoms with Gasteiger partial charge in [0.15, 0.2) is 11.5 Å². The molecule has 0 aliphatic rings. The molecule has 0 atom stereocenters. The predicted molar refractivity (Wildman–Crippen MR) is 121 cm³/mol. The van der Waals surface area contributed by atoms with Gasteiger partial charge >= 0.3 is 17.1 Å². The zero-order valence-corrected chi connectivity index (χ0v) is 17.5. The SMILES string of the molecule is CC(C)Oc1cc(-n2c(=O)[nH]c(=O)n(-c3ccccc3)c2=O)ccc1Oc1ccccc1. The Bertz CT molecular complexity index is 1400. The Labute approximate surface area is 182 Å². The van der Waals surface area contributed by atoms with Gasteiger partial charge in [-0.05, 0) is 50.2 Å². The van der Waals surface area contributed by atoms with Crippen LogP contribution in [0.2, 0.25) is 0 Å². The number of para-hydroxylation sites is 2. The van der Waals surface area contributed by atoms with Gasteiger partial charge in [-0.25, -0.2) is 23.5 Å². The first-order valence-electron chi connectivity index (χ1n) is 10.0. The van der Waals surface area contributed by atoms with Gasteiger partial charge < -0.3 is 9.47 Å². The number of aromatic nitrogens is 3. The second-order valence-corrected chi connectivity index (χ2v) is 7.24. The molecule has 0 spiro atoms. The van der Waals surface area contributed by atoms with Gasteiger partial charge in [-0.2, -0.15) is 0 Å². The molecule has 0 unspecified atom stereocenters. The molecule has 0 radical (unpaired) electrons. The van der Waals surface area contributed by atoms with Gasteiger partial charge in [-0.3, -0.25) is 4.98 Å². The number of nitrogens with zero attached hydrogens (tertiary/aromatic N) is 2. The third kappa shape index (κ3) is 4.24. The summed E-state index contributed by atoms with van der Waals surface area (Å²) in [5.41, 5.74) is -1.88. The number of H-pyrrole nitrogens is 1. The van der Waals surface area contributed by atoms with Crippen molar-refractivity contribution in [2.45, 2.75) is 20.0 Å². The van der Waals surface area contributed by atoms with E-state index < -0.39 is 17.1 Å². The zero-order chi connectivity index (χ0) is 22.7.